The molecule has 0 atom stereocenters. The van der Waals surface area contributed by atoms with E-state index in [0.29, 0.717) is 29.4 Å². The van der Waals surface area contributed by atoms with E-state index in [0.717, 1.165) is 53.4 Å². The van der Waals surface area contributed by atoms with Gasteiger partial charge in [-0.05, 0) is 45.6 Å². The first-order chi connectivity index (χ1) is 13.5. The third-order valence-corrected chi connectivity index (χ3v) is 5.75. The molecule has 0 unspecified atom stereocenters. The van der Waals surface area contributed by atoms with Crippen molar-refractivity contribution in [1.82, 2.24) is 24.0 Å². The third kappa shape index (κ3) is 2.70. The second kappa shape index (κ2) is 6.27. The Labute approximate surface area is 168 Å². The van der Waals surface area contributed by atoms with E-state index in [1.165, 1.54) is 0 Å². The number of carbonyl (C=O) groups is 1. The van der Waals surface area contributed by atoms with Crippen LogP contribution < -0.4 is 5.32 Å². The number of carbonyl (C=O) groups excluding carboxylic acids is 1. The van der Waals surface area contributed by atoms with Crippen LogP contribution in [0.3, 0.4) is 0 Å². The van der Waals surface area contributed by atoms with Crippen LogP contribution in [-0.2, 0) is 13.6 Å². The SMILES string of the molecule is CCn1c(C(=O)N(C2CC2)C2CC2)cc2c3c(ncn3C)c(NC(C)=S)nc21. The molecule has 2 aliphatic rings. The van der Waals surface area contributed by atoms with Gasteiger partial charge in [0.2, 0.25) is 0 Å². The van der Waals surface area contributed by atoms with E-state index in [-0.39, 0.29) is 5.91 Å². The van der Waals surface area contributed by atoms with Crippen LogP contribution in [0.25, 0.3) is 22.1 Å². The van der Waals surface area contributed by atoms with E-state index in [4.69, 9.17) is 17.2 Å². The fourth-order valence-corrected chi connectivity index (χ4v) is 4.23. The van der Waals surface area contributed by atoms with Crippen molar-refractivity contribution >= 4 is 51.0 Å². The summed E-state index contributed by atoms with van der Waals surface area (Å²) in [5.74, 6) is 0.782. The van der Waals surface area contributed by atoms with Crippen LogP contribution in [0, 0.1) is 0 Å². The summed E-state index contributed by atoms with van der Waals surface area (Å²) in [7, 11) is 1.97. The first-order valence-electron chi connectivity index (χ1n) is 9.94. The largest absolute Gasteiger partial charge is 0.333 e. The topological polar surface area (TPSA) is 68.0 Å². The Morgan fingerprint density at radius 3 is 2.57 bits per heavy atom. The molecule has 5 rings (SSSR count). The molecule has 2 saturated carbocycles. The third-order valence-electron chi connectivity index (χ3n) is 5.65. The highest BCUT2D eigenvalue weighted by Gasteiger charge is 2.43. The second-order valence-corrected chi connectivity index (χ2v) is 8.49. The molecule has 1 N–H and O–H groups in total. The van der Waals surface area contributed by atoms with Crippen molar-refractivity contribution in [2.75, 3.05) is 5.32 Å². The maximum absolute atomic E-state index is 13.5. The number of pyridine rings is 1. The molecule has 28 heavy (non-hydrogen) atoms. The van der Waals surface area contributed by atoms with Crippen molar-refractivity contribution in [3.8, 4) is 0 Å². The number of anilines is 1. The van der Waals surface area contributed by atoms with Crippen LogP contribution >= 0.6 is 12.2 Å². The summed E-state index contributed by atoms with van der Waals surface area (Å²) in [6, 6.07) is 2.84. The minimum absolute atomic E-state index is 0.140. The number of thiocarbonyl (C=S) groups is 1. The van der Waals surface area contributed by atoms with Gasteiger partial charge in [-0.1, -0.05) is 12.2 Å². The summed E-state index contributed by atoms with van der Waals surface area (Å²) in [5, 5.41) is 4.12. The molecule has 0 bridgehead atoms. The predicted molar refractivity (Wildman–Crippen MR) is 114 cm³/mol. The van der Waals surface area contributed by atoms with Crippen molar-refractivity contribution < 1.29 is 4.79 Å². The minimum Gasteiger partial charge on any atom is -0.333 e. The highest BCUT2D eigenvalue weighted by Crippen LogP contribution is 2.39. The summed E-state index contributed by atoms with van der Waals surface area (Å²) in [4.78, 5) is 25.6. The number of aryl methyl sites for hydroxylation is 2. The van der Waals surface area contributed by atoms with Gasteiger partial charge in [-0.25, -0.2) is 9.97 Å². The van der Waals surface area contributed by atoms with E-state index in [1.807, 2.05) is 29.2 Å². The average molecular weight is 397 g/mol. The first-order valence-corrected chi connectivity index (χ1v) is 10.3. The molecule has 7 nitrogen and oxygen atoms in total. The van der Waals surface area contributed by atoms with E-state index in [9.17, 15) is 4.79 Å². The smallest absolute Gasteiger partial charge is 0.271 e. The lowest BCUT2D eigenvalue weighted by Gasteiger charge is -2.22. The number of aromatic nitrogens is 4. The normalized spacial score (nSPS) is 16.7. The van der Waals surface area contributed by atoms with Crippen molar-refractivity contribution in [3.63, 3.8) is 0 Å². The molecular formula is C20H24N6OS. The Hall–Kier alpha value is -2.48. The first kappa shape index (κ1) is 17.6. The Morgan fingerprint density at radius 1 is 1.32 bits per heavy atom. The minimum atomic E-state index is 0.140. The van der Waals surface area contributed by atoms with Gasteiger partial charge in [-0.2, -0.15) is 0 Å². The monoisotopic (exact) mass is 396 g/mol. The van der Waals surface area contributed by atoms with E-state index < -0.39 is 0 Å². The molecule has 0 saturated heterocycles. The summed E-state index contributed by atoms with van der Waals surface area (Å²) < 4.78 is 4.02. The molecule has 0 spiro atoms. The standard InChI is InChI=1S/C20H24N6OS/c1-4-25-15(20(27)26(12-5-6-12)13-7-8-13)9-14-17-16(21-10-24(17)3)18(22-11(2)28)23-19(14)25/h9-10,12-13H,4-8H2,1-3H3,(H,22,23,28). The molecule has 1 amide bonds. The van der Waals surface area contributed by atoms with Crippen molar-refractivity contribution in [2.24, 2.45) is 7.05 Å². The van der Waals surface area contributed by atoms with Crippen LogP contribution in [0.5, 0.6) is 0 Å². The molecule has 3 heterocycles. The molecule has 3 aromatic heterocycles. The van der Waals surface area contributed by atoms with Crippen LogP contribution in [-0.4, -0.2) is 47.0 Å². The van der Waals surface area contributed by atoms with Crippen molar-refractivity contribution in [3.05, 3.63) is 18.1 Å². The maximum atomic E-state index is 13.5. The van der Waals surface area contributed by atoms with Crippen LogP contribution in [0.15, 0.2) is 12.4 Å². The lowest BCUT2D eigenvalue weighted by Crippen LogP contribution is -2.36. The number of nitrogens with one attached hydrogen (secondary N) is 1. The van der Waals surface area contributed by atoms with E-state index in [1.54, 1.807) is 6.33 Å². The summed E-state index contributed by atoms with van der Waals surface area (Å²) in [6.45, 7) is 4.56. The van der Waals surface area contributed by atoms with Gasteiger partial charge in [0.25, 0.3) is 5.91 Å². The Morgan fingerprint density at radius 2 is 2.00 bits per heavy atom. The molecule has 0 aromatic carbocycles. The number of imidazole rings is 1. The lowest BCUT2D eigenvalue weighted by molar-refractivity contribution is 0.0719. The van der Waals surface area contributed by atoms with Gasteiger partial charge >= 0.3 is 0 Å². The zero-order chi connectivity index (χ0) is 19.6. The summed E-state index contributed by atoms with van der Waals surface area (Å²) in [6.07, 6.45) is 6.28. The van der Waals surface area contributed by atoms with Gasteiger partial charge in [0.1, 0.15) is 16.9 Å². The van der Waals surface area contributed by atoms with E-state index in [2.05, 4.69) is 22.1 Å². The maximum Gasteiger partial charge on any atom is 0.271 e. The molecular weight excluding hydrogens is 372 g/mol. The molecule has 8 heteroatoms. The predicted octanol–water partition coefficient (Wildman–Crippen LogP) is 3.47. The zero-order valence-electron chi connectivity index (χ0n) is 16.4. The van der Waals surface area contributed by atoms with Gasteiger partial charge < -0.3 is 19.4 Å². The summed E-state index contributed by atoms with van der Waals surface area (Å²) in [5.41, 5.74) is 3.26. The van der Waals surface area contributed by atoms with Gasteiger partial charge in [0.05, 0.1) is 16.8 Å². The van der Waals surface area contributed by atoms with Gasteiger partial charge in [-0.3, -0.25) is 4.79 Å². The average Bonchev–Trinajstić information content (AvgIpc) is 3.58. The van der Waals surface area contributed by atoms with E-state index >= 15 is 0 Å². The van der Waals surface area contributed by atoms with Crippen molar-refractivity contribution in [2.45, 2.75) is 58.2 Å². The quantitative estimate of drug-likeness (QED) is 0.669. The Bertz CT molecular complexity index is 1110. The summed E-state index contributed by atoms with van der Waals surface area (Å²) >= 11 is 5.23. The van der Waals surface area contributed by atoms with Gasteiger partial charge in [0, 0.05) is 31.1 Å². The Balaban J connectivity index is 1.72. The molecule has 2 fully saturated rings. The van der Waals surface area contributed by atoms with Crippen LogP contribution in [0.4, 0.5) is 5.82 Å². The number of nitrogens with zero attached hydrogens (tertiary/aromatic N) is 5. The number of amides is 1. The van der Waals surface area contributed by atoms with Crippen molar-refractivity contribution in [1.29, 1.82) is 0 Å². The number of rotatable bonds is 5. The molecule has 0 radical (unpaired) electrons. The highest BCUT2D eigenvalue weighted by molar-refractivity contribution is 7.80. The molecule has 2 aliphatic carbocycles. The molecule has 3 aromatic rings. The fraction of sp³-hybridized carbons (Fsp3) is 0.500. The second-order valence-electron chi connectivity index (χ2n) is 7.88. The number of fused-ring (bicyclic) bond motifs is 3. The Kier molecular flexibility index (Phi) is 3.94. The van der Waals surface area contributed by atoms with Gasteiger partial charge in [-0.15, -0.1) is 0 Å². The lowest BCUT2D eigenvalue weighted by atomic mass is 10.2. The van der Waals surface area contributed by atoms with Crippen LogP contribution in [0.2, 0.25) is 0 Å². The zero-order valence-corrected chi connectivity index (χ0v) is 17.2. The van der Waals surface area contributed by atoms with Gasteiger partial charge in [0.15, 0.2) is 5.82 Å². The molecule has 0 aliphatic heterocycles. The highest BCUT2D eigenvalue weighted by atomic mass is 32.1. The number of hydrogen-bond acceptors (Lipinski definition) is 4. The fourth-order valence-electron chi connectivity index (χ4n) is 4.13. The molecule has 146 valence electrons. The number of hydrogen-bond donors (Lipinski definition) is 1. The van der Waals surface area contributed by atoms with Crippen LogP contribution in [0.1, 0.15) is 50.0 Å².